The van der Waals surface area contributed by atoms with Gasteiger partial charge in [0.2, 0.25) is 0 Å². The highest BCUT2D eigenvalue weighted by Crippen LogP contribution is 2.30. The molecule has 0 bridgehead atoms. The highest BCUT2D eigenvalue weighted by molar-refractivity contribution is 6.29. The first-order valence-corrected chi connectivity index (χ1v) is 6.24. The van der Waals surface area contributed by atoms with Gasteiger partial charge in [-0.05, 0) is 30.5 Å². The molecule has 1 aromatic heterocycles. The minimum atomic E-state index is -0.185. The molecule has 2 heterocycles. The highest BCUT2D eigenvalue weighted by atomic mass is 35.5. The molecule has 0 N–H and O–H groups in total. The third kappa shape index (κ3) is 2.06. The van der Waals surface area contributed by atoms with Crippen molar-refractivity contribution in [1.29, 1.82) is 0 Å². The molecule has 0 spiro atoms. The number of hydrogen-bond acceptors (Lipinski definition) is 3. The second-order valence-electron chi connectivity index (χ2n) is 4.61. The molecule has 3 rings (SSSR count). The van der Waals surface area contributed by atoms with E-state index >= 15 is 0 Å². The molecule has 1 saturated heterocycles. The first-order valence-electron chi connectivity index (χ1n) is 5.86. The molecular formula is C12H12ClN3O2. The molecule has 0 unspecified atom stereocenters. The minimum absolute atomic E-state index is 0.139. The lowest BCUT2D eigenvalue weighted by Crippen LogP contribution is -2.33. The molecule has 2 fully saturated rings. The quantitative estimate of drug-likeness (QED) is 0.617. The van der Waals surface area contributed by atoms with Crippen LogP contribution >= 0.6 is 11.6 Å². The van der Waals surface area contributed by atoms with Gasteiger partial charge >= 0.3 is 6.03 Å². The average molecular weight is 266 g/mol. The van der Waals surface area contributed by atoms with Crippen LogP contribution in [0.25, 0.3) is 0 Å². The number of halogens is 1. The number of carbonyl (C=O) groups is 2. The van der Waals surface area contributed by atoms with E-state index in [9.17, 15) is 9.59 Å². The molecule has 0 atom stereocenters. The topological polar surface area (TPSA) is 53.5 Å². The van der Waals surface area contributed by atoms with Crippen LogP contribution in [0.3, 0.4) is 0 Å². The molecule has 0 aromatic carbocycles. The second kappa shape index (κ2) is 4.24. The summed E-state index contributed by atoms with van der Waals surface area (Å²) >= 11 is 5.78. The van der Waals surface area contributed by atoms with Crippen molar-refractivity contribution in [2.45, 2.75) is 25.4 Å². The summed E-state index contributed by atoms with van der Waals surface area (Å²) in [5, 5.41) is 0.366. The summed E-state index contributed by atoms with van der Waals surface area (Å²) in [7, 11) is 0. The lowest BCUT2D eigenvalue weighted by atomic mass is 10.2. The molecule has 1 aromatic rings. The van der Waals surface area contributed by atoms with Crippen molar-refractivity contribution < 1.29 is 9.59 Å². The maximum atomic E-state index is 12.1. The van der Waals surface area contributed by atoms with Gasteiger partial charge in [-0.2, -0.15) is 0 Å². The normalized spacial score (nSPS) is 19.8. The van der Waals surface area contributed by atoms with E-state index in [2.05, 4.69) is 4.98 Å². The first kappa shape index (κ1) is 11.5. The van der Waals surface area contributed by atoms with E-state index < -0.39 is 0 Å². The van der Waals surface area contributed by atoms with Gasteiger partial charge in [0.15, 0.2) is 0 Å². The third-order valence-corrected chi connectivity index (χ3v) is 3.41. The van der Waals surface area contributed by atoms with Gasteiger partial charge < -0.3 is 4.90 Å². The van der Waals surface area contributed by atoms with Crippen LogP contribution in [-0.2, 0) is 11.3 Å². The summed E-state index contributed by atoms with van der Waals surface area (Å²) in [6, 6.07) is 3.51. The Hall–Kier alpha value is -1.62. The van der Waals surface area contributed by atoms with Crippen molar-refractivity contribution in [3.8, 4) is 0 Å². The summed E-state index contributed by atoms with van der Waals surface area (Å²) in [6.07, 6.45) is 3.59. The molecule has 6 heteroatoms. The van der Waals surface area contributed by atoms with E-state index in [4.69, 9.17) is 11.6 Å². The van der Waals surface area contributed by atoms with E-state index in [-0.39, 0.29) is 31.1 Å². The fraction of sp³-hybridized carbons (Fsp3) is 0.417. The van der Waals surface area contributed by atoms with Crippen LogP contribution in [0.1, 0.15) is 18.4 Å². The van der Waals surface area contributed by atoms with E-state index in [0.717, 1.165) is 18.4 Å². The molecule has 0 radical (unpaired) electrons. The van der Waals surface area contributed by atoms with Gasteiger partial charge in [-0.1, -0.05) is 11.6 Å². The Balaban J connectivity index is 1.76. The number of imide groups is 1. The average Bonchev–Trinajstić information content (AvgIpc) is 3.12. The van der Waals surface area contributed by atoms with Gasteiger partial charge in [0.1, 0.15) is 11.7 Å². The largest absolute Gasteiger partial charge is 0.327 e. The number of carbonyl (C=O) groups excluding carboxylic acids is 2. The van der Waals surface area contributed by atoms with Crippen molar-refractivity contribution in [3.63, 3.8) is 0 Å². The molecule has 18 heavy (non-hydrogen) atoms. The third-order valence-electron chi connectivity index (χ3n) is 3.20. The van der Waals surface area contributed by atoms with Crippen LogP contribution in [0.15, 0.2) is 18.3 Å². The second-order valence-corrected chi connectivity index (χ2v) is 5.00. The van der Waals surface area contributed by atoms with E-state index in [1.54, 1.807) is 23.2 Å². The maximum absolute atomic E-state index is 12.1. The van der Waals surface area contributed by atoms with Crippen LogP contribution in [0.4, 0.5) is 4.79 Å². The predicted molar refractivity (Wildman–Crippen MR) is 64.9 cm³/mol. The van der Waals surface area contributed by atoms with Crippen LogP contribution in [0.2, 0.25) is 5.15 Å². The van der Waals surface area contributed by atoms with Crippen LogP contribution in [-0.4, -0.2) is 39.3 Å². The molecule has 1 aliphatic heterocycles. The number of aromatic nitrogens is 1. The summed E-state index contributed by atoms with van der Waals surface area (Å²) in [4.78, 5) is 30.7. The fourth-order valence-electron chi connectivity index (χ4n) is 2.11. The van der Waals surface area contributed by atoms with Crippen molar-refractivity contribution in [3.05, 3.63) is 29.0 Å². The Morgan fingerprint density at radius 3 is 2.83 bits per heavy atom. The smallest absolute Gasteiger partial charge is 0.312 e. The molecule has 2 aliphatic rings. The number of rotatable bonds is 3. The zero-order chi connectivity index (χ0) is 12.7. The number of nitrogens with zero attached hydrogens (tertiary/aromatic N) is 3. The lowest BCUT2D eigenvalue weighted by molar-refractivity contribution is -0.125. The molecule has 5 nitrogen and oxygen atoms in total. The molecule has 1 aliphatic carbocycles. The van der Waals surface area contributed by atoms with Crippen LogP contribution < -0.4 is 0 Å². The molecule has 94 valence electrons. The summed E-state index contributed by atoms with van der Waals surface area (Å²) in [5.74, 6) is -0.139. The van der Waals surface area contributed by atoms with Crippen molar-refractivity contribution >= 4 is 23.5 Å². The number of urea groups is 1. The molecule has 1 saturated carbocycles. The zero-order valence-electron chi connectivity index (χ0n) is 9.67. The van der Waals surface area contributed by atoms with Gasteiger partial charge in [-0.3, -0.25) is 9.69 Å². The zero-order valence-corrected chi connectivity index (χ0v) is 10.4. The summed E-state index contributed by atoms with van der Waals surface area (Å²) in [6.45, 7) is 0.478. The first-order chi connectivity index (χ1) is 8.65. The van der Waals surface area contributed by atoms with Gasteiger partial charge in [0, 0.05) is 12.2 Å². The van der Waals surface area contributed by atoms with E-state index in [1.165, 1.54) is 4.90 Å². The van der Waals surface area contributed by atoms with Crippen molar-refractivity contribution in [2.75, 3.05) is 6.54 Å². The highest BCUT2D eigenvalue weighted by Gasteiger charge is 2.43. The Morgan fingerprint density at radius 2 is 2.17 bits per heavy atom. The Kier molecular flexibility index (Phi) is 2.70. The van der Waals surface area contributed by atoms with Crippen LogP contribution in [0.5, 0.6) is 0 Å². The van der Waals surface area contributed by atoms with Gasteiger partial charge in [0.05, 0.1) is 6.54 Å². The lowest BCUT2D eigenvalue weighted by Gasteiger charge is -2.16. The van der Waals surface area contributed by atoms with Gasteiger partial charge in [0.25, 0.3) is 5.91 Å². The standard InChI is InChI=1S/C12H12ClN3O2/c13-10-5-8(3-4-14-10)6-16-11(17)7-15(12(16)18)9-1-2-9/h3-5,9H,1-2,6-7H2. The number of hydrogen-bond donors (Lipinski definition) is 0. The molecular weight excluding hydrogens is 254 g/mol. The Morgan fingerprint density at radius 1 is 1.39 bits per heavy atom. The molecule has 3 amide bonds. The van der Waals surface area contributed by atoms with Crippen LogP contribution in [0, 0.1) is 0 Å². The predicted octanol–water partition coefficient (Wildman–Crippen LogP) is 1.66. The number of amides is 3. The Bertz CT molecular complexity index is 516. The SMILES string of the molecule is O=C1CN(C2CC2)C(=O)N1Cc1ccnc(Cl)c1. The van der Waals surface area contributed by atoms with Gasteiger partial charge in [-0.15, -0.1) is 0 Å². The monoisotopic (exact) mass is 265 g/mol. The summed E-state index contributed by atoms with van der Waals surface area (Å²) < 4.78 is 0. The summed E-state index contributed by atoms with van der Waals surface area (Å²) in [5.41, 5.74) is 0.814. The fourth-order valence-corrected chi connectivity index (χ4v) is 2.31. The number of pyridine rings is 1. The van der Waals surface area contributed by atoms with Gasteiger partial charge in [-0.25, -0.2) is 9.78 Å². The van der Waals surface area contributed by atoms with E-state index in [1.807, 2.05) is 0 Å². The Labute approximate surface area is 109 Å². The van der Waals surface area contributed by atoms with Crippen molar-refractivity contribution in [2.24, 2.45) is 0 Å². The van der Waals surface area contributed by atoms with Crippen molar-refractivity contribution in [1.82, 2.24) is 14.8 Å². The maximum Gasteiger partial charge on any atom is 0.327 e. The van der Waals surface area contributed by atoms with E-state index in [0.29, 0.717) is 5.15 Å². The minimum Gasteiger partial charge on any atom is -0.312 e.